The fourth-order valence-corrected chi connectivity index (χ4v) is 2.53. The zero-order valence-electron chi connectivity index (χ0n) is 15.0. The van der Waals surface area contributed by atoms with Gasteiger partial charge in [0.25, 0.3) is 5.95 Å². The number of carbonyl (C=O) groups excluding carboxylic acids is 1. The van der Waals surface area contributed by atoms with Gasteiger partial charge in [-0.05, 0) is 23.8 Å². The van der Waals surface area contributed by atoms with Crippen molar-refractivity contribution in [2.45, 2.75) is 13.0 Å². The number of nitrogens with one attached hydrogen (secondary N) is 2. The summed E-state index contributed by atoms with van der Waals surface area (Å²) >= 11 is 0. The van der Waals surface area contributed by atoms with Gasteiger partial charge < -0.3 is 15.5 Å². The van der Waals surface area contributed by atoms with Gasteiger partial charge in [-0.25, -0.2) is 9.07 Å². The number of carbonyl (C=O) groups is 1. The fraction of sp³-hybridized carbons (Fsp3) is 0.278. The van der Waals surface area contributed by atoms with E-state index in [0.29, 0.717) is 37.4 Å². The predicted molar refractivity (Wildman–Crippen MR) is 100 cm³/mol. The molecule has 2 aromatic heterocycles. The summed E-state index contributed by atoms with van der Waals surface area (Å²) in [4.78, 5) is 26.6. The first-order chi connectivity index (χ1) is 13.7. The first-order valence-corrected chi connectivity index (χ1v) is 8.93. The Labute approximate surface area is 160 Å². The molecule has 4 rings (SSSR count). The highest BCUT2D eigenvalue weighted by atomic mass is 19.1. The van der Waals surface area contributed by atoms with Gasteiger partial charge in [-0.1, -0.05) is 12.1 Å². The molecule has 28 heavy (non-hydrogen) atoms. The molecule has 0 spiro atoms. The highest BCUT2D eigenvalue weighted by Gasteiger charge is 2.23. The van der Waals surface area contributed by atoms with E-state index in [1.807, 2.05) is 0 Å². The van der Waals surface area contributed by atoms with Crippen molar-refractivity contribution in [1.82, 2.24) is 29.6 Å². The number of hydrogen-bond acceptors (Lipinski definition) is 7. The van der Waals surface area contributed by atoms with Crippen molar-refractivity contribution < 1.29 is 9.18 Å². The van der Waals surface area contributed by atoms with E-state index < -0.39 is 0 Å². The van der Waals surface area contributed by atoms with Crippen LogP contribution in [0.15, 0.2) is 42.7 Å². The molecule has 9 nitrogen and oxygen atoms in total. The van der Waals surface area contributed by atoms with E-state index in [0.717, 1.165) is 18.7 Å². The summed E-state index contributed by atoms with van der Waals surface area (Å²) in [5.74, 6) is 0.878. The Kier molecular flexibility index (Phi) is 5.09. The topological polar surface area (TPSA) is 101 Å². The van der Waals surface area contributed by atoms with Gasteiger partial charge in [-0.3, -0.25) is 4.79 Å². The van der Waals surface area contributed by atoms with Crippen molar-refractivity contribution in [3.8, 4) is 5.95 Å². The van der Waals surface area contributed by atoms with Crippen LogP contribution in [0, 0.1) is 5.82 Å². The third-order valence-corrected chi connectivity index (χ3v) is 4.12. The SMILES string of the molecule is O=C(CCNc1nc(NCc2ccc(F)cc2)nc(-n2cccn2)n1)N1CC1. The Morgan fingerprint density at radius 2 is 1.82 bits per heavy atom. The van der Waals surface area contributed by atoms with Crippen LogP contribution in [-0.4, -0.2) is 55.2 Å². The Morgan fingerprint density at radius 3 is 2.50 bits per heavy atom. The standard InChI is InChI=1S/C18H19FN8O/c19-14-4-2-13(3-5-14)12-21-17-23-16(20-8-6-15(28)26-10-11-26)24-18(25-17)27-9-1-7-22-27/h1-5,7,9H,6,8,10-12H2,(H2,20,21,23,24,25). The van der Waals surface area contributed by atoms with Crippen LogP contribution in [0.3, 0.4) is 0 Å². The monoisotopic (exact) mass is 382 g/mol. The van der Waals surface area contributed by atoms with Crippen molar-refractivity contribution in [3.63, 3.8) is 0 Å². The van der Waals surface area contributed by atoms with Crippen molar-refractivity contribution >= 4 is 17.8 Å². The smallest absolute Gasteiger partial charge is 0.257 e. The van der Waals surface area contributed by atoms with Gasteiger partial charge in [0.2, 0.25) is 17.8 Å². The Morgan fingerprint density at radius 1 is 1.07 bits per heavy atom. The maximum atomic E-state index is 13.0. The summed E-state index contributed by atoms with van der Waals surface area (Å²) in [6.45, 7) is 2.53. The van der Waals surface area contributed by atoms with Crippen LogP contribution in [0.1, 0.15) is 12.0 Å². The normalized spacial score (nSPS) is 12.7. The van der Waals surface area contributed by atoms with E-state index in [4.69, 9.17) is 0 Å². The molecule has 0 aliphatic carbocycles. The molecular formula is C18H19FN8O. The van der Waals surface area contributed by atoms with Crippen LogP contribution in [0.2, 0.25) is 0 Å². The molecule has 0 bridgehead atoms. The molecule has 144 valence electrons. The van der Waals surface area contributed by atoms with Gasteiger partial charge in [0, 0.05) is 45.0 Å². The molecule has 1 amide bonds. The number of nitrogens with zero attached hydrogens (tertiary/aromatic N) is 6. The van der Waals surface area contributed by atoms with Crippen LogP contribution < -0.4 is 10.6 Å². The summed E-state index contributed by atoms with van der Waals surface area (Å²) < 4.78 is 14.6. The lowest BCUT2D eigenvalue weighted by atomic mass is 10.2. The number of benzene rings is 1. The molecule has 1 fully saturated rings. The van der Waals surface area contributed by atoms with E-state index in [-0.39, 0.29) is 11.7 Å². The van der Waals surface area contributed by atoms with Gasteiger partial charge in [0.15, 0.2) is 0 Å². The van der Waals surface area contributed by atoms with E-state index in [9.17, 15) is 9.18 Å². The predicted octanol–water partition coefficient (Wildman–Crippen LogP) is 1.45. The molecule has 0 unspecified atom stereocenters. The number of hydrogen-bond donors (Lipinski definition) is 2. The second-order valence-electron chi connectivity index (χ2n) is 6.27. The minimum atomic E-state index is -0.284. The second-order valence-corrected chi connectivity index (χ2v) is 6.27. The van der Waals surface area contributed by atoms with Crippen LogP contribution in [0.25, 0.3) is 5.95 Å². The minimum absolute atomic E-state index is 0.114. The third-order valence-electron chi connectivity index (χ3n) is 4.12. The van der Waals surface area contributed by atoms with Gasteiger partial charge in [0.1, 0.15) is 5.82 Å². The quantitative estimate of drug-likeness (QED) is 0.569. The maximum Gasteiger partial charge on any atom is 0.257 e. The molecular weight excluding hydrogens is 363 g/mol. The Hall–Kier alpha value is -3.56. The molecule has 0 radical (unpaired) electrons. The van der Waals surface area contributed by atoms with Gasteiger partial charge in [-0.2, -0.15) is 20.1 Å². The number of anilines is 2. The number of amides is 1. The number of rotatable bonds is 8. The third kappa shape index (κ3) is 4.58. The Bertz CT molecular complexity index is 941. The van der Waals surface area contributed by atoms with E-state index in [1.54, 1.807) is 35.5 Å². The maximum absolute atomic E-state index is 13.0. The first kappa shape index (κ1) is 17.8. The van der Waals surface area contributed by atoms with Crippen molar-refractivity contribution in [1.29, 1.82) is 0 Å². The molecule has 3 heterocycles. The average Bonchev–Trinajstić information content (AvgIpc) is 3.41. The van der Waals surface area contributed by atoms with Crippen LogP contribution in [0.5, 0.6) is 0 Å². The molecule has 1 aromatic carbocycles. The fourth-order valence-electron chi connectivity index (χ4n) is 2.53. The summed E-state index contributed by atoms with van der Waals surface area (Å²) in [7, 11) is 0. The average molecular weight is 382 g/mol. The Balaban J connectivity index is 1.46. The van der Waals surface area contributed by atoms with Gasteiger partial charge in [0.05, 0.1) is 0 Å². The number of aromatic nitrogens is 5. The van der Waals surface area contributed by atoms with Crippen molar-refractivity contribution in [3.05, 3.63) is 54.1 Å². The van der Waals surface area contributed by atoms with E-state index in [1.165, 1.54) is 16.8 Å². The van der Waals surface area contributed by atoms with Crippen molar-refractivity contribution in [2.24, 2.45) is 0 Å². The van der Waals surface area contributed by atoms with Crippen LogP contribution in [0.4, 0.5) is 16.3 Å². The number of halogens is 1. The van der Waals surface area contributed by atoms with E-state index in [2.05, 4.69) is 30.7 Å². The van der Waals surface area contributed by atoms with Crippen LogP contribution >= 0.6 is 0 Å². The molecule has 1 saturated heterocycles. The zero-order valence-corrected chi connectivity index (χ0v) is 15.0. The summed E-state index contributed by atoms with van der Waals surface area (Å²) in [5.41, 5.74) is 0.890. The zero-order chi connectivity index (χ0) is 19.3. The molecule has 1 aliphatic rings. The highest BCUT2D eigenvalue weighted by molar-refractivity contribution is 5.78. The lowest BCUT2D eigenvalue weighted by molar-refractivity contribution is -0.125. The van der Waals surface area contributed by atoms with Gasteiger partial charge >= 0.3 is 0 Å². The van der Waals surface area contributed by atoms with Gasteiger partial charge in [-0.15, -0.1) is 0 Å². The molecule has 10 heteroatoms. The molecule has 3 aromatic rings. The molecule has 2 N–H and O–H groups in total. The summed E-state index contributed by atoms with van der Waals surface area (Å²) in [6.07, 6.45) is 3.74. The lowest BCUT2D eigenvalue weighted by Gasteiger charge is -2.10. The molecule has 1 aliphatic heterocycles. The summed E-state index contributed by atoms with van der Waals surface area (Å²) in [5, 5.41) is 10.3. The second kappa shape index (κ2) is 7.99. The largest absolute Gasteiger partial charge is 0.354 e. The summed E-state index contributed by atoms with van der Waals surface area (Å²) in [6, 6.07) is 7.95. The first-order valence-electron chi connectivity index (χ1n) is 8.93. The molecule has 0 atom stereocenters. The highest BCUT2D eigenvalue weighted by Crippen LogP contribution is 2.12. The molecule has 0 saturated carbocycles. The lowest BCUT2D eigenvalue weighted by Crippen LogP contribution is -2.18. The minimum Gasteiger partial charge on any atom is -0.354 e. The van der Waals surface area contributed by atoms with Crippen LogP contribution in [-0.2, 0) is 11.3 Å². The van der Waals surface area contributed by atoms with E-state index >= 15 is 0 Å². The van der Waals surface area contributed by atoms with Crippen molar-refractivity contribution in [2.75, 3.05) is 30.3 Å².